The molecule has 0 heterocycles. The van der Waals surface area contributed by atoms with E-state index in [1.807, 2.05) is 61.2 Å². The van der Waals surface area contributed by atoms with Gasteiger partial charge in [-0.2, -0.15) is 0 Å². The first-order valence-electron chi connectivity index (χ1n) is 7.67. The Labute approximate surface area is 133 Å². The van der Waals surface area contributed by atoms with Crippen molar-refractivity contribution in [2.75, 3.05) is 13.1 Å². The fourth-order valence-corrected chi connectivity index (χ4v) is 2.52. The quantitative estimate of drug-likeness (QED) is 0.727. The van der Waals surface area contributed by atoms with Crippen LogP contribution in [0.5, 0.6) is 0 Å². The molecule has 0 aliphatic heterocycles. The van der Waals surface area contributed by atoms with Crippen molar-refractivity contribution >= 4 is 5.91 Å². The van der Waals surface area contributed by atoms with E-state index in [1.54, 1.807) is 0 Å². The highest BCUT2D eigenvalue weighted by Gasteiger charge is 2.17. The van der Waals surface area contributed by atoms with Gasteiger partial charge in [0.05, 0.1) is 0 Å². The van der Waals surface area contributed by atoms with Crippen LogP contribution < -0.4 is 0 Å². The fraction of sp³-hybridized carbons (Fsp3) is 0.250. The normalized spacial score (nSPS) is 10.3. The number of rotatable bonds is 6. The number of amides is 1. The van der Waals surface area contributed by atoms with Gasteiger partial charge in [-0.05, 0) is 37.5 Å². The number of nitrogens with zero attached hydrogens (tertiary/aromatic N) is 1. The molecule has 0 aliphatic rings. The van der Waals surface area contributed by atoms with E-state index >= 15 is 0 Å². The van der Waals surface area contributed by atoms with E-state index in [0.29, 0.717) is 13.1 Å². The lowest BCUT2D eigenvalue weighted by atomic mass is 9.99. The molecule has 0 aliphatic carbocycles. The van der Waals surface area contributed by atoms with Gasteiger partial charge in [0.15, 0.2) is 0 Å². The summed E-state index contributed by atoms with van der Waals surface area (Å²) >= 11 is 0. The second-order valence-corrected chi connectivity index (χ2v) is 5.60. The molecule has 0 fully saturated rings. The highest BCUT2D eigenvalue weighted by molar-refractivity contribution is 5.96. The summed E-state index contributed by atoms with van der Waals surface area (Å²) in [6.45, 7) is 9.16. The van der Waals surface area contributed by atoms with Crippen molar-refractivity contribution < 1.29 is 4.79 Å². The SMILES string of the molecule is C=C(C)CN(CC)C(=O)c1ccccc1Cc1ccccc1. The summed E-state index contributed by atoms with van der Waals surface area (Å²) in [5.41, 5.74) is 4.06. The zero-order chi connectivity index (χ0) is 15.9. The molecule has 0 saturated carbocycles. The third-order valence-corrected chi connectivity index (χ3v) is 3.61. The van der Waals surface area contributed by atoms with Crippen molar-refractivity contribution in [1.82, 2.24) is 4.90 Å². The number of hydrogen-bond acceptors (Lipinski definition) is 1. The Morgan fingerprint density at radius 1 is 1.05 bits per heavy atom. The zero-order valence-corrected chi connectivity index (χ0v) is 13.4. The first-order chi connectivity index (χ1) is 10.6. The molecule has 0 N–H and O–H groups in total. The van der Waals surface area contributed by atoms with Gasteiger partial charge in [-0.25, -0.2) is 0 Å². The van der Waals surface area contributed by atoms with E-state index in [0.717, 1.165) is 23.1 Å². The summed E-state index contributed by atoms with van der Waals surface area (Å²) in [6.07, 6.45) is 0.771. The second kappa shape index (κ2) is 7.60. The van der Waals surface area contributed by atoms with Gasteiger partial charge >= 0.3 is 0 Å². The van der Waals surface area contributed by atoms with Crippen LogP contribution in [-0.4, -0.2) is 23.9 Å². The van der Waals surface area contributed by atoms with E-state index in [-0.39, 0.29) is 5.91 Å². The van der Waals surface area contributed by atoms with E-state index < -0.39 is 0 Å². The lowest BCUT2D eigenvalue weighted by molar-refractivity contribution is 0.0777. The van der Waals surface area contributed by atoms with Gasteiger partial charge in [-0.1, -0.05) is 60.7 Å². The molecule has 1 amide bonds. The minimum absolute atomic E-state index is 0.0806. The average molecular weight is 293 g/mol. The number of carbonyl (C=O) groups is 1. The highest BCUT2D eigenvalue weighted by atomic mass is 16.2. The molecular formula is C20H23NO. The monoisotopic (exact) mass is 293 g/mol. The molecule has 2 aromatic carbocycles. The Morgan fingerprint density at radius 2 is 1.68 bits per heavy atom. The molecule has 114 valence electrons. The largest absolute Gasteiger partial charge is 0.335 e. The molecule has 0 radical (unpaired) electrons. The van der Waals surface area contributed by atoms with Crippen LogP contribution in [-0.2, 0) is 6.42 Å². The Hall–Kier alpha value is -2.35. The van der Waals surface area contributed by atoms with Crippen molar-refractivity contribution in [3.63, 3.8) is 0 Å². The van der Waals surface area contributed by atoms with Gasteiger partial charge in [-0.15, -0.1) is 0 Å². The smallest absolute Gasteiger partial charge is 0.254 e. The maximum Gasteiger partial charge on any atom is 0.254 e. The van der Waals surface area contributed by atoms with Crippen molar-refractivity contribution in [2.24, 2.45) is 0 Å². The molecule has 0 atom stereocenters. The zero-order valence-electron chi connectivity index (χ0n) is 13.4. The van der Waals surface area contributed by atoms with Gasteiger partial charge in [0, 0.05) is 18.7 Å². The lowest BCUT2D eigenvalue weighted by Gasteiger charge is -2.22. The molecule has 22 heavy (non-hydrogen) atoms. The van der Waals surface area contributed by atoms with Crippen LogP contribution in [0.15, 0.2) is 66.7 Å². The Morgan fingerprint density at radius 3 is 2.32 bits per heavy atom. The molecule has 2 heteroatoms. The summed E-state index contributed by atoms with van der Waals surface area (Å²) in [4.78, 5) is 14.6. The van der Waals surface area contributed by atoms with Crippen LogP contribution in [0, 0.1) is 0 Å². The Balaban J connectivity index is 2.27. The highest BCUT2D eigenvalue weighted by Crippen LogP contribution is 2.17. The molecule has 0 saturated heterocycles. The van der Waals surface area contributed by atoms with Crippen LogP contribution in [0.4, 0.5) is 0 Å². The van der Waals surface area contributed by atoms with Crippen LogP contribution >= 0.6 is 0 Å². The summed E-state index contributed by atoms with van der Waals surface area (Å²) in [6, 6.07) is 18.1. The maximum atomic E-state index is 12.8. The maximum absolute atomic E-state index is 12.8. The number of benzene rings is 2. The lowest BCUT2D eigenvalue weighted by Crippen LogP contribution is -2.32. The van der Waals surface area contributed by atoms with Crippen molar-refractivity contribution in [3.05, 3.63) is 83.4 Å². The Kier molecular flexibility index (Phi) is 5.54. The summed E-state index contributed by atoms with van der Waals surface area (Å²) in [5.74, 6) is 0.0806. The number of hydrogen-bond donors (Lipinski definition) is 0. The van der Waals surface area contributed by atoms with Gasteiger partial charge in [0.2, 0.25) is 0 Å². The fourth-order valence-electron chi connectivity index (χ4n) is 2.52. The molecule has 2 nitrogen and oxygen atoms in total. The second-order valence-electron chi connectivity index (χ2n) is 5.60. The van der Waals surface area contributed by atoms with Gasteiger partial charge in [-0.3, -0.25) is 4.79 Å². The topological polar surface area (TPSA) is 20.3 Å². The number of likely N-dealkylation sites (N-methyl/N-ethyl adjacent to an activating group) is 1. The van der Waals surface area contributed by atoms with E-state index in [2.05, 4.69) is 18.7 Å². The van der Waals surface area contributed by atoms with E-state index in [1.165, 1.54) is 5.56 Å². The van der Waals surface area contributed by atoms with E-state index in [4.69, 9.17) is 0 Å². The van der Waals surface area contributed by atoms with Gasteiger partial charge in [0.1, 0.15) is 0 Å². The predicted molar refractivity (Wildman–Crippen MR) is 92.1 cm³/mol. The minimum Gasteiger partial charge on any atom is -0.335 e. The third-order valence-electron chi connectivity index (χ3n) is 3.61. The van der Waals surface area contributed by atoms with Crippen molar-refractivity contribution in [1.29, 1.82) is 0 Å². The minimum atomic E-state index is 0.0806. The molecule has 0 aromatic heterocycles. The third kappa shape index (κ3) is 4.08. The Bertz CT molecular complexity index is 646. The molecule has 2 aromatic rings. The van der Waals surface area contributed by atoms with Crippen LogP contribution in [0.2, 0.25) is 0 Å². The van der Waals surface area contributed by atoms with Gasteiger partial charge < -0.3 is 4.90 Å². The molecule has 0 spiro atoms. The van der Waals surface area contributed by atoms with Crippen LogP contribution in [0.25, 0.3) is 0 Å². The van der Waals surface area contributed by atoms with Crippen molar-refractivity contribution in [2.45, 2.75) is 20.3 Å². The summed E-state index contributed by atoms with van der Waals surface area (Å²) in [7, 11) is 0. The number of carbonyl (C=O) groups excluding carboxylic acids is 1. The molecule has 2 rings (SSSR count). The van der Waals surface area contributed by atoms with E-state index in [9.17, 15) is 4.79 Å². The van der Waals surface area contributed by atoms with Gasteiger partial charge in [0.25, 0.3) is 5.91 Å². The standard InChI is InChI=1S/C20H23NO/c1-4-21(15-16(2)3)20(22)19-13-9-8-12-18(19)14-17-10-6-5-7-11-17/h5-13H,2,4,14-15H2,1,3H3. The summed E-state index contributed by atoms with van der Waals surface area (Å²) < 4.78 is 0. The molecule has 0 bridgehead atoms. The van der Waals surface area contributed by atoms with Crippen LogP contribution in [0.3, 0.4) is 0 Å². The van der Waals surface area contributed by atoms with Crippen LogP contribution in [0.1, 0.15) is 35.3 Å². The average Bonchev–Trinajstić information content (AvgIpc) is 2.53. The summed E-state index contributed by atoms with van der Waals surface area (Å²) in [5, 5.41) is 0. The van der Waals surface area contributed by atoms with Crippen molar-refractivity contribution in [3.8, 4) is 0 Å². The molecular weight excluding hydrogens is 270 g/mol. The first-order valence-corrected chi connectivity index (χ1v) is 7.67. The first kappa shape index (κ1) is 16.0. The predicted octanol–water partition coefficient (Wildman–Crippen LogP) is 4.32. The molecule has 0 unspecified atom stereocenters.